The number of aliphatic carboxylic acids is 1. The summed E-state index contributed by atoms with van der Waals surface area (Å²) in [6.45, 7) is 4.92. The topological polar surface area (TPSA) is 103 Å². The first-order valence-electron chi connectivity index (χ1n) is 12.5. The van der Waals surface area contributed by atoms with Gasteiger partial charge in [0.2, 0.25) is 0 Å². The van der Waals surface area contributed by atoms with E-state index in [1.165, 1.54) is 0 Å². The van der Waals surface area contributed by atoms with Gasteiger partial charge in [-0.1, -0.05) is 55.8 Å². The normalized spacial score (nSPS) is 15.1. The summed E-state index contributed by atoms with van der Waals surface area (Å²) in [5.41, 5.74) is 4.09. The third kappa shape index (κ3) is 5.41. The summed E-state index contributed by atoms with van der Waals surface area (Å²) in [6.07, 6.45) is 5.77. The van der Waals surface area contributed by atoms with Crippen LogP contribution in [0.25, 0.3) is 16.8 Å². The molecule has 8 heteroatoms. The second-order valence-electron chi connectivity index (χ2n) is 8.89. The summed E-state index contributed by atoms with van der Waals surface area (Å²) < 4.78 is 5.46. The van der Waals surface area contributed by atoms with Gasteiger partial charge in [-0.3, -0.25) is 0 Å². The Bertz CT molecular complexity index is 1310. The Morgan fingerprint density at radius 3 is 2.43 bits per heavy atom. The van der Waals surface area contributed by atoms with Crippen LogP contribution in [0.4, 0.5) is 0 Å². The number of benzene rings is 2. The summed E-state index contributed by atoms with van der Waals surface area (Å²) in [6, 6.07) is 17.7. The van der Waals surface area contributed by atoms with E-state index < -0.39 is 5.97 Å². The van der Waals surface area contributed by atoms with Crippen LogP contribution >= 0.6 is 0 Å². The fourth-order valence-corrected chi connectivity index (χ4v) is 4.72. The maximum Gasteiger partial charge on any atom is 0.354 e. The lowest BCUT2D eigenvalue weighted by molar-refractivity contribution is -0.134. The molecule has 0 radical (unpaired) electrons. The predicted octanol–water partition coefficient (Wildman–Crippen LogP) is 5.13. The Morgan fingerprint density at radius 2 is 1.81 bits per heavy atom. The highest BCUT2D eigenvalue weighted by Gasteiger charge is 2.40. The van der Waals surface area contributed by atoms with Gasteiger partial charge in [-0.05, 0) is 42.5 Å². The van der Waals surface area contributed by atoms with Gasteiger partial charge in [0.05, 0.1) is 30.6 Å². The number of carboxylic acid groups (broad SMARTS) is 1. The van der Waals surface area contributed by atoms with Crippen LogP contribution in [0.5, 0.6) is 5.75 Å². The first kappa shape index (κ1) is 25.7. The lowest BCUT2D eigenvalue weighted by Gasteiger charge is -2.32. The van der Waals surface area contributed by atoms with Gasteiger partial charge in [-0.2, -0.15) is 5.26 Å². The maximum atomic E-state index is 12.6. The number of rotatable bonds is 10. The Labute approximate surface area is 217 Å². The highest BCUT2D eigenvalue weighted by atomic mass is 16.5. The van der Waals surface area contributed by atoms with E-state index in [0.29, 0.717) is 36.0 Å². The smallest absolute Gasteiger partial charge is 0.354 e. The molecule has 0 amide bonds. The molecule has 2 aromatic carbocycles. The van der Waals surface area contributed by atoms with Crippen LogP contribution in [0.2, 0.25) is 0 Å². The first-order chi connectivity index (χ1) is 18.0. The monoisotopic (exact) mass is 497 g/mol. The number of nitriles is 1. The number of unbranched alkanes of at least 4 members (excludes halogenated alkanes) is 1. The van der Waals surface area contributed by atoms with Crippen LogP contribution in [0, 0.1) is 11.3 Å². The lowest BCUT2D eigenvalue weighted by atomic mass is 9.99. The third-order valence-electron chi connectivity index (χ3n) is 6.51. The minimum absolute atomic E-state index is 0.143. The van der Waals surface area contributed by atoms with Crippen molar-refractivity contribution in [2.24, 2.45) is 0 Å². The SMILES string of the molecule is CCCCC1N(C)C(c2ncc(OCC)cn2)=C(C(=O)O)N1Cc1ccc(-c2ccccc2C#N)cc1. The molecule has 0 spiro atoms. The highest BCUT2D eigenvalue weighted by Crippen LogP contribution is 2.37. The lowest BCUT2D eigenvalue weighted by Crippen LogP contribution is -2.39. The zero-order valence-electron chi connectivity index (χ0n) is 21.4. The van der Waals surface area contributed by atoms with Crippen LogP contribution < -0.4 is 4.74 Å². The number of ether oxygens (including phenoxy) is 1. The van der Waals surface area contributed by atoms with Crippen molar-refractivity contribution in [1.29, 1.82) is 5.26 Å². The molecule has 1 aliphatic heterocycles. The van der Waals surface area contributed by atoms with Crippen molar-refractivity contribution in [1.82, 2.24) is 19.8 Å². The molecular formula is C29H31N5O3. The molecule has 1 aliphatic rings. The standard InChI is InChI=1S/C29H31N5O3/c1-4-6-11-25-33(3)26(28-31-17-23(18-32-28)37-5-2)27(29(35)36)34(25)19-20-12-14-21(15-13-20)24-10-8-7-9-22(24)16-30/h7-10,12-15,17-18,25H,4-6,11,19H2,1-3H3,(H,35,36). The minimum Gasteiger partial charge on any atom is -0.491 e. The van der Waals surface area contributed by atoms with Crippen molar-refractivity contribution < 1.29 is 14.6 Å². The predicted molar refractivity (Wildman–Crippen MR) is 141 cm³/mol. The van der Waals surface area contributed by atoms with Crippen molar-refractivity contribution in [2.45, 2.75) is 45.8 Å². The molecule has 8 nitrogen and oxygen atoms in total. The first-order valence-corrected chi connectivity index (χ1v) is 12.5. The third-order valence-corrected chi connectivity index (χ3v) is 6.51. The van der Waals surface area contributed by atoms with Gasteiger partial charge in [0.25, 0.3) is 0 Å². The second kappa shape index (κ2) is 11.6. The van der Waals surface area contributed by atoms with Gasteiger partial charge < -0.3 is 19.6 Å². The molecular weight excluding hydrogens is 466 g/mol. The van der Waals surface area contributed by atoms with Crippen LogP contribution in [-0.2, 0) is 11.3 Å². The highest BCUT2D eigenvalue weighted by molar-refractivity contribution is 5.95. The van der Waals surface area contributed by atoms with E-state index >= 15 is 0 Å². The van der Waals surface area contributed by atoms with E-state index in [4.69, 9.17) is 4.74 Å². The molecule has 3 aromatic rings. The Morgan fingerprint density at radius 1 is 1.11 bits per heavy atom. The number of nitrogens with zero attached hydrogens (tertiary/aromatic N) is 5. The van der Waals surface area contributed by atoms with E-state index in [1.807, 2.05) is 66.2 Å². The fraction of sp³-hybridized carbons (Fsp3) is 0.310. The molecule has 1 unspecified atom stereocenters. The van der Waals surface area contributed by atoms with Crippen molar-refractivity contribution >= 4 is 11.7 Å². The Kier molecular flexibility index (Phi) is 8.04. The number of carbonyl (C=O) groups is 1. The van der Waals surface area contributed by atoms with Crippen LogP contribution in [-0.4, -0.2) is 50.7 Å². The largest absolute Gasteiger partial charge is 0.491 e. The van der Waals surface area contributed by atoms with Gasteiger partial charge >= 0.3 is 5.97 Å². The van der Waals surface area contributed by atoms with Crippen LogP contribution in [0.3, 0.4) is 0 Å². The van der Waals surface area contributed by atoms with E-state index in [2.05, 4.69) is 23.0 Å². The maximum absolute atomic E-state index is 12.6. The summed E-state index contributed by atoms with van der Waals surface area (Å²) in [5.74, 6) is -0.115. The van der Waals surface area contributed by atoms with Crippen LogP contribution in [0.1, 0.15) is 50.1 Å². The average molecular weight is 498 g/mol. The molecule has 190 valence electrons. The van der Waals surface area contributed by atoms with Gasteiger partial charge in [-0.15, -0.1) is 0 Å². The van der Waals surface area contributed by atoms with Gasteiger partial charge in [0, 0.05) is 13.6 Å². The fourth-order valence-electron chi connectivity index (χ4n) is 4.72. The number of hydrogen-bond donors (Lipinski definition) is 1. The van der Waals surface area contributed by atoms with Crippen molar-refractivity contribution in [3.8, 4) is 22.9 Å². The molecule has 0 fully saturated rings. The zero-order chi connectivity index (χ0) is 26.4. The summed E-state index contributed by atoms with van der Waals surface area (Å²) in [5, 5.41) is 19.8. The Hall–Kier alpha value is -4.38. The van der Waals surface area contributed by atoms with Crippen molar-refractivity contribution in [3.05, 3.63) is 83.6 Å². The second-order valence-corrected chi connectivity index (χ2v) is 8.89. The average Bonchev–Trinajstić information content (AvgIpc) is 3.19. The van der Waals surface area contributed by atoms with Gasteiger partial charge in [0.15, 0.2) is 17.3 Å². The molecule has 0 saturated heterocycles. The van der Waals surface area contributed by atoms with Gasteiger partial charge in [0.1, 0.15) is 11.9 Å². The molecule has 2 heterocycles. The molecule has 1 N–H and O–H groups in total. The number of aromatic nitrogens is 2. The zero-order valence-corrected chi connectivity index (χ0v) is 21.4. The number of carboxylic acids is 1. The molecule has 4 rings (SSSR count). The molecule has 1 aromatic heterocycles. The summed E-state index contributed by atoms with van der Waals surface area (Å²) >= 11 is 0. The van der Waals surface area contributed by atoms with E-state index in [-0.39, 0.29) is 11.9 Å². The summed E-state index contributed by atoms with van der Waals surface area (Å²) in [4.78, 5) is 25.4. The van der Waals surface area contributed by atoms with Crippen LogP contribution in [0.15, 0.2) is 66.6 Å². The van der Waals surface area contributed by atoms with E-state index in [1.54, 1.807) is 18.5 Å². The number of hydrogen-bond acceptors (Lipinski definition) is 7. The minimum atomic E-state index is -1.02. The van der Waals surface area contributed by atoms with E-state index in [0.717, 1.165) is 36.0 Å². The quantitative estimate of drug-likeness (QED) is 0.411. The Balaban J connectivity index is 1.69. The van der Waals surface area contributed by atoms with Crippen molar-refractivity contribution in [2.75, 3.05) is 13.7 Å². The van der Waals surface area contributed by atoms with Crippen molar-refractivity contribution in [3.63, 3.8) is 0 Å². The van der Waals surface area contributed by atoms with Gasteiger partial charge in [-0.25, -0.2) is 14.8 Å². The summed E-state index contributed by atoms with van der Waals surface area (Å²) in [7, 11) is 1.90. The molecule has 0 bridgehead atoms. The molecule has 1 atom stereocenters. The molecule has 0 saturated carbocycles. The van der Waals surface area contributed by atoms with E-state index in [9.17, 15) is 15.2 Å². The molecule has 0 aliphatic carbocycles. The molecule has 37 heavy (non-hydrogen) atoms.